The van der Waals surface area contributed by atoms with Crippen molar-refractivity contribution in [1.29, 1.82) is 0 Å². The monoisotopic (exact) mass is 280 g/mol. The van der Waals surface area contributed by atoms with Crippen LogP contribution in [0.5, 0.6) is 0 Å². The predicted octanol–water partition coefficient (Wildman–Crippen LogP) is 1.80. The quantitative estimate of drug-likeness (QED) is 0.665. The minimum absolute atomic E-state index is 0.0387. The summed E-state index contributed by atoms with van der Waals surface area (Å²) in [5, 5.41) is -0.769. The minimum atomic E-state index is -3.45. The van der Waals surface area contributed by atoms with Crippen LogP contribution in [-0.4, -0.2) is 24.7 Å². The van der Waals surface area contributed by atoms with Gasteiger partial charge in [-0.15, -0.1) is 0 Å². The van der Waals surface area contributed by atoms with Crippen LogP contribution in [0, 0.1) is 5.92 Å². The molecule has 0 aliphatic rings. The summed E-state index contributed by atoms with van der Waals surface area (Å²) in [6.45, 7) is 7.78. The molecule has 0 saturated carbocycles. The first-order valence-corrected chi connectivity index (χ1v) is 8.05. The third-order valence-corrected chi connectivity index (χ3v) is 5.64. The third kappa shape index (κ3) is 4.89. The largest absolute Gasteiger partial charge is 0.392 e. The molecule has 0 heterocycles. The molecule has 17 heavy (non-hydrogen) atoms. The first kappa shape index (κ1) is 16.8. The van der Waals surface area contributed by atoms with Gasteiger partial charge in [0.2, 0.25) is 10.0 Å². The van der Waals surface area contributed by atoms with E-state index in [1.165, 1.54) is 0 Å². The van der Waals surface area contributed by atoms with Gasteiger partial charge in [-0.1, -0.05) is 45.8 Å². The Morgan fingerprint density at radius 2 is 1.71 bits per heavy atom. The fourth-order valence-electron chi connectivity index (χ4n) is 2.01. The van der Waals surface area contributed by atoms with Crippen LogP contribution in [0.4, 0.5) is 0 Å². The van der Waals surface area contributed by atoms with Crippen molar-refractivity contribution in [3.05, 3.63) is 0 Å². The predicted molar refractivity (Wildman–Crippen MR) is 76.5 cm³/mol. The molecule has 6 heteroatoms. The molecule has 2 unspecified atom stereocenters. The van der Waals surface area contributed by atoms with Gasteiger partial charge >= 0.3 is 0 Å². The van der Waals surface area contributed by atoms with E-state index in [-0.39, 0.29) is 11.0 Å². The van der Waals surface area contributed by atoms with E-state index in [1.54, 1.807) is 6.92 Å². The molecule has 0 aromatic heterocycles. The van der Waals surface area contributed by atoms with Gasteiger partial charge in [-0.25, -0.2) is 13.1 Å². The molecule has 0 radical (unpaired) electrons. The van der Waals surface area contributed by atoms with Gasteiger partial charge in [0.1, 0.15) is 5.25 Å². The molecule has 0 aliphatic carbocycles. The molecule has 0 rings (SSSR count). The summed E-state index contributed by atoms with van der Waals surface area (Å²) in [6, 6.07) is -0.0848. The molecule has 2 atom stereocenters. The Balaban J connectivity index is 4.80. The Morgan fingerprint density at radius 3 is 2.00 bits per heavy atom. The third-order valence-electron chi connectivity index (χ3n) is 3.17. The highest BCUT2D eigenvalue weighted by Gasteiger charge is 2.29. The Kier molecular flexibility index (Phi) is 7.20. The van der Waals surface area contributed by atoms with E-state index in [2.05, 4.69) is 18.6 Å². The summed E-state index contributed by atoms with van der Waals surface area (Å²) in [4.78, 5) is 0.0387. The van der Waals surface area contributed by atoms with E-state index < -0.39 is 15.3 Å². The van der Waals surface area contributed by atoms with Crippen molar-refractivity contribution in [3.8, 4) is 0 Å². The lowest BCUT2D eigenvalue weighted by Gasteiger charge is -2.24. The van der Waals surface area contributed by atoms with Crippen LogP contribution >= 0.6 is 12.2 Å². The number of thiocarbonyl (C=S) groups is 1. The van der Waals surface area contributed by atoms with Gasteiger partial charge in [0, 0.05) is 6.04 Å². The number of nitrogens with two attached hydrogens (primary N) is 1. The molecular weight excluding hydrogens is 256 g/mol. The average Bonchev–Trinajstić information content (AvgIpc) is 2.18. The molecule has 0 amide bonds. The van der Waals surface area contributed by atoms with E-state index >= 15 is 0 Å². The highest BCUT2D eigenvalue weighted by molar-refractivity contribution is 7.93. The van der Waals surface area contributed by atoms with E-state index in [0.29, 0.717) is 12.3 Å². The van der Waals surface area contributed by atoms with Gasteiger partial charge in [-0.2, -0.15) is 0 Å². The van der Waals surface area contributed by atoms with E-state index in [1.807, 2.05) is 6.92 Å². The van der Waals surface area contributed by atoms with Crippen molar-refractivity contribution in [1.82, 2.24) is 4.72 Å². The number of sulfonamides is 1. The molecule has 0 aromatic carbocycles. The maximum absolute atomic E-state index is 12.1. The van der Waals surface area contributed by atoms with E-state index in [4.69, 9.17) is 18.0 Å². The van der Waals surface area contributed by atoms with Crippen molar-refractivity contribution in [3.63, 3.8) is 0 Å². The molecule has 0 fully saturated rings. The summed E-state index contributed by atoms with van der Waals surface area (Å²) in [6.07, 6.45) is 2.30. The van der Waals surface area contributed by atoms with Crippen molar-refractivity contribution in [2.24, 2.45) is 11.7 Å². The lowest BCUT2D eigenvalue weighted by atomic mass is 9.96. The Morgan fingerprint density at radius 1 is 1.24 bits per heavy atom. The molecule has 4 nitrogen and oxygen atoms in total. The zero-order valence-electron chi connectivity index (χ0n) is 11.1. The zero-order valence-corrected chi connectivity index (χ0v) is 12.7. The second-order valence-corrected chi connectivity index (χ2v) is 6.69. The van der Waals surface area contributed by atoms with Crippen molar-refractivity contribution < 1.29 is 8.42 Å². The number of rotatable bonds is 8. The van der Waals surface area contributed by atoms with Crippen molar-refractivity contribution in [2.75, 3.05) is 0 Å². The zero-order chi connectivity index (χ0) is 13.6. The SMILES string of the molecule is CCC(CC)C(C)NS(=O)(=O)C(CC)C(N)=S. The van der Waals surface area contributed by atoms with Gasteiger partial charge < -0.3 is 5.73 Å². The van der Waals surface area contributed by atoms with Crippen molar-refractivity contribution in [2.45, 2.75) is 58.2 Å². The summed E-state index contributed by atoms with van der Waals surface area (Å²) < 4.78 is 26.8. The molecule has 3 N–H and O–H groups in total. The van der Waals surface area contributed by atoms with E-state index in [0.717, 1.165) is 12.8 Å². The summed E-state index contributed by atoms with van der Waals surface area (Å²) in [5.74, 6) is 0.341. The van der Waals surface area contributed by atoms with Crippen LogP contribution in [0.1, 0.15) is 47.0 Å². The lowest BCUT2D eigenvalue weighted by molar-refractivity contribution is 0.390. The van der Waals surface area contributed by atoms with Crippen molar-refractivity contribution >= 4 is 27.2 Å². The molecule has 102 valence electrons. The average molecular weight is 280 g/mol. The highest BCUT2D eigenvalue weighted by atomic mass is 32.2. The van der Waals surface area contributed by atoms with Crippen LogP contribution in [-0.2, 0) is 10.0 Å². The Labute approximate surface area is 110 Å². The van der Waals surface area contributed by atoms with Gasteiger partial charge in [0.15, 0.2) is 0 Å². The molecule has 0 aromatic rings. The molecule has 0 spiro atoms. The normalized spacial score (nSPS) is 15.8. The van der Waals surface area contributed by atoms with Crippen LogP contribution in [0.3, 0.4) is 0 Å². The summed E-state index contributed by atoms with van der Waals surface area (Å²) in [5.41, 5.74) is 5.46. The molecule has 0 saturated heterocycles. The standard InChI is InChI=1S/C11H24N2O2S2/c1-5-9(6-2)8(4)13-17(14,15)10(7-3)11(12)16/h8-10,13H,5-7H2,1-4H3,(H2,12,16). The topological polar surface area (TPSA) is 72.2 Å². The van der Waals surface area contributed by atoms with Gasteiger partial charge in [0.25, 0.3) is 0 Å². The maximum Gasteiger partial charge on any atom is 0.221 e. The summed E-state index contributed by atoms with van der Waals surface area (Å²) >= 11 is 4.80. The van der Waals surface area contributed by atoms with Crippen LogP contribution < -0.4 is 10.5 Å². The summed E-state index contributed by atoms with van der Waals surface area (Å²) in [7, 11) is -3.45. The fourth-order valence-corrected chi connectivity index (χ4v) is 4.17. The van der Waals surface area contributed by atoms with Crippen LogP contribution in [0.25, 0.3) is 0 Å². The second-order valence-electron chi connectivity index (χ2n) is 4.33. The van der Waals surface area contributed by atoms with Crippen LogP contribution in [0.2, 0.25) is 0 Å². The highest BCUT2D eigenvalue weighted by Crippen LogP contribution is 2.15. The number of hydrogen-bond acceptors (Lipinski definition) is 3. The fraction of sp³-hybridized carbons (Fsp3) is 0.909. The molecular formula is C11H24N2O2S2. The second kappa shape index (κ2) is 7.28. The van der Waals surface area contributed by atoms with Gasteiger partial charge in [-0.3, -0.25) is 0 Å². The minimum Gasteiger partial charge on any atom is -0.392 e. The van der Waals surface area contributed by atoms with E-state index in [9.17, 15) is 8.42 Å². The first-order chi connectivity index (χ1) is 7.80. The molecule has 0 aliphatic heterocycles. The Bertz CT molecular complexity index is 337. The first-order valence-electron chi connectivity index (χ1n) is 6.10. The smallest absolute Gasteiger partial charge is 0.221 e. The maximum atomic E-state index is 12.1. The van der Waals surface area contributed by atoms with Gasteiger partial charge in [-0.05, 0) is 19.3 Å². The Hall–Kier alpha value is -0.200. The van der Waals surface area contributed by atoms with Gasteiger partial charge in [0.05, 0.1) is 4.99 Å². The lowest BCUT2D eigenvalue weighted by Crippen LogP contribution is -2.46. The van der Waals surface area contributed by atoms with Crippen LogP contribution in [0.15, 0.2) is 0 Å². The number of nitrogens with one attached hydrogen (secondary N) is 1. The molecule has 0 bridgehead atoms. The number of hydrogen-bond donors (Lipinski definition) is 2.